The van der Waals surface area contributed by atoms with E-state index in [1.165, 1.54) is 49.2 Å². The van der Waals surface area contributed by atoms with Gasteiger partial charge >= 0.3 is 0 Å². The van der Waals surface area contributed by atoms with Crippen LogP contribution < -0.4 is 4.90 Å². The van der Waals surface area contributed by atoms with E-state index in [4.69, 9.17) is 4.42 Å². The molecule has 0 amide bonds. The first-order chi connectivity index (χ1) is 24.8. The fourth-order valence-electron chi connectivity index (χ4n) is 7.60. The second-order valence-corrected chi connectivity index (χ2v) is 12.9. The zero-order chi connectivity index (χ0) is 33.0. The Balaban J connectivity index is 1.12. The van der Waals surface area contributed by atoms with Gasteiger partial charge < -0.3 is 9.32 Å². The summed E-state index contributed by atoms with van der Waals surface area (Å²) >= 11 is 0. The lowest BCUT2D eigenvalue weighted by molar-refractivity contribution is 0.672. The Morgan fingerprint density at radius 2 is 0.880 bits per heavy atom. The molecule has 0 aliphatic carbocycles. The molecule has 0 saturated heterocycles. The highest BCUT2D eigenvalue weighted by atomic mass is 16.3. The van der Waals surface area contributed by atoms with Crippen LogP contribution >= 0.6 is 0 Å². The van der Waals surface area contributed by atoms with Crippen molar-refractivity contribution in [1.29, 1.82) is 0 Å². The Hall–Kier alpha value is -6.64. The smallest absolute Gasteiger partial charge is 0.143 e. The van der Waals surface area contributed by atoms with Gasteiger partial charge in [0.1, 0.15) is 11.2 Å². The molecule has 234 valence electrons. The van der Waals surface area contributed by atoms with Gasteiger partial charge in [0.05, 0.1) is 0 Å². The standard InChI is InChI=1S/C48H31NO/c1-2-10-32(11-3-1)33-18-23-37(24-19-33)49(39-27-29-44-45-28-22-34-12-4-7-15-41(34)48(45)50-47(44)31-39)38-25-20-35(21-26-38)46-30-36-13-5-6-14-40(36)42-16-8-9-17-43(42)46/h1-31H. The highest BCUT2D eigenvalue weighted by Gasteiger charge is 2.17. The maximum Gasteiger partial charge on any atom is 0.143 e. The van der Waals surface area contributed by atoms with Crippen molar-refractivity contribution in [2.75, 3.05) is 4.90 Å². The summed E-state index contributed by atoms with van der Waals surface area (Å²) in [5.41, 5.74) is 9.81. The van der Waals surface area contributed by atoms with E-state index in [1.807, 2.05) is 0 Å². The molecule has 2 heteroatoms. The minimum Gasteiger partial charge on any atom is -0.455 e. The third-order valence-corrected chi connectivity index (χ3v) is 10.0. The third-order valence-electron chi connectivity index (χ3n) is 10.0. The van der Waals surface area contributed by atoms with Crippen molar-refractivity contribution in [3.05, 3.63) is 188 Å². The molecular formula is C48H31NO. The van der Waals surface area contributed by atoms with Gasteiger partial charge in [-0.25, -0.2) is 0 Å². The molecule has 2 nitrogen and oxygen atoms in total. The molecular weight excluding hydrogens is 607 g/mol. The van der Waals surface area contributed by atoms with E-state index in [0.29, 0.717) is 0 Å². The van der Waals surface area contributed by atoms with Crippen LogP contribution in [0.1, 0.15) is 0 Å². The molecule has 0 spiro atoms. The van der Waals surface area contributed by atoms with Gasteiger partial charge in [-0.1, -0.05) is 133 Å². The lowest BCUT2D eigenvalue weighted by atomic mass is 9.93. The average Bonchev–Trinajstić information content (AvgIpc) is 3.57. The monoisotopic (exact) mass is 637 g/mol. The van der Waals surface area contributed by atoms with Crippen LogP contribution in [-0.4, -0.2) is 0 Å². The number of hydrogen-bond acceptors (Lipinski definition) is 2. The van der Waals surface area contributed by atoms with Crippen LogP contribution in [0.5, 0.6) is 0 Å². The predicted molar refractivity (Wildman–Crippen MR) is 212 cm³/mol. The number of benzene rings is 9. The quantitative estimate of drug-likeness (QED) is 0.175. The number of hydrogen-bond donors (Lipinski definition) is 0. The van der Waals surface area contributed by atoms with E-state index in [9.17, 15) is 0 Å². The van der Waals surface area contributed by atoms with E-state index in [-0.39, 0.29) is 0 Å². The molecule has 10 rings (SSSR count). The van der Waals surface area contributed by atoms with Crippen molar-refractivity contribution < 1.29 is 4.42 Å². The van der Waals surface area contributed by atoms with Crippen LogP contribution in [0.25, 0.3) is 76.5 Å². The molecule has 0 aliphatic heterocycles. The third kappa shape index (κ3) is 4.65. The number of nitrogens with zero attached hydrogens (tertiary/aromatic N) is 1. The normalized spacial score (nSPS) is 11.6. The van der Waals surface area contributed by atoms with Crippen molar-refractivity contribution in [3.63, 3.8) is 0 Å². The fraction of sp³-hybridized carbons (Fsp3) is 0. The Bertz CT molecular complexity index is 2850. The SMILES string of the molecule is c1ccc(-c2ccc(N(c3ccc(-c4cc5ccccc5c5ccccc45)cc3)c3ccc4c(c3)oc3c5ccccc5ccc43)cc2)cc1. The van der Waals surface area contributed by atoms with Gasteiger partial charge in [-0.2, -0.15) is 0 Å². The van der Waals surface area contributed by atoms with Gasteiger partial charge in [0, 0.05) is 39.3 Å². The topological polar surface area (TPSA) is 16.4 Å². The first kappa shape index (κ1) is 28.4. The van der Waals surface area contributed by atoms with Gasteiger partial charge in [0.2, 0.25) is 0 Å². The molecule has 0 unspecified atom stereocenters. The summed E-state index contributed by atoms with van der Waals surface area (Å²) in [6.07, 6.45) is 0. The summed E-state index contributed by atoms with van der Waals surface area (Å²) in [5.74, 6) is 0. The van der Waals surface area contributed by atoms with Crippen LogP contribution in [0.2, 0.25) is 0 Å². The lowest BCUT2D eigenvalue weighted by Crippen LogP contribution is -2.09. The van der Waals surface area contributed by atoms with Crippen LogP contribution in [0, 0.1) is 0 Å². The van der Waals surface area contributed by atoms with Gasteiger partial charge in [-0.15, -0.1) is 0 Å². The Labute approximate surface area is 290 Å². The Morgan fingerprint density at radius 1 is 0.320 bits per heavy atom. The van der Waals surface area contributed by atoms with Gasteiger partial charge in [0.25, 0.3) is 0 Å². The number of fused-ring (bicyclic) bond motifs is 8. The van der Waals surface area contributed by atoms with E-state index in [2.05, 4.69) is 193 Å². The number of furan rings is 1. The number of anilines is 3. The first-order valence-electron chi connectivity index (χ1n) is 17.1. The van der Waals surface area contributed by atoms with Gasteiger partial charge in [-0.05, 0) is 97.7 Å². The van der Waals surface area contributed by atoms with E-state index < -0.39 is 0 Å². The van der Waals surface area contributed by atoms with E-state index in [0.717, 1.165) is 44.4 Å². The molecule has 10 aromatic rings. The fourth-order valence-corrected chi connectivity index (χ4v) is 7.60. The molecule has 0 fully saturated rings. The summed E-state index contributed by atoms with van der Waals surface area (Å²) in [6, 6.07) is 67.4. The first-order valence-corrected chi connectivity index (χ1v) is 17.1. The van der Waals surface area contributed by atoms with E-state index in [1.54, 1.807) is 0 Å². The van der Waals surface area contributed by atoms with Crippen LogP contribution in [0.4, 0.5) is 17.1 Å². The number of rotatable bonds is 5. The summed E-state index contributed by atoms with van der Waals surface area (Å²) in [4.78, 5) is 2.32. The van der Waals surface area contributed by atoms with Crippen molar-refractivity contribution in [2.24, 2.45) is 0 Å². The molecule has 0 atom stereocenters. The summed E-state index contributed by atoms with van der Waals surface area (Å²) in [6.45, 7) is 0. The van der Waals surface area contributed by atoms with Crippen molar-refractivity contribution in [1.82, 2.24) is 0 Å². The molecule has 1 heterocycles. The molecule has 0 radical (unpaired) electrons. The highest BCUT2D eigenvalue weighted by Crippen LogP contribution is 2.42. The van der Waals surface area contributed by atoms with Crippen LogP contribution in [0.15, 0.2) is 192 Å². The predicted octanol–water partition coefficient (Wildman–Crippen LogP) is 13.8. The second-order valence-electron chi connectivity index (χ2n) is 12.9. The minimum atomic E-state index is 0.874. The maximum absolute atomic E-state index is 6.63. The molecule has 0 saturated carbocycles. The molecule has 0 bridgehead atoms. The van der Waals surface area contributed by atoms with Gasteiger partial charge in [-0.3, -0.25) is 0 Å². The van der Waals surface area contributed by atoms with Gasteiger partial charge in [0.15, 0.2) is 0 Å². The zero-order valence-corrected chi connectivity index (χ0v) is 27.3. The molecule has 50 heavy (non-hydrogen) atoms. The van der Waals surface area contributed by atoms with Crippen molar-refractivity contribution >= 4 is 71.3 Å². The summed E-state index contributed by atoms with van der Waals surface area (Å²) < 4.78 is 6.63. The molecule has 9 aromatic carbocycles. The zero-order valence-electron chi connectivity index (χ0n) is 27.3. The van der Waals surface area contributed by atoms with E-state index >= 15 is 0 Å². The maximum atomic E-state index is 6.63. The van der Waals surface area contributed by atoms with Crippen molar-refractivity contribution in [3.8, 4) is 22.3 Å². The van der Waals surface area contributed by atoms with Crippen molar-refractivity contribution in [2.45, 2.75) is 0 Å². The summed E-state index contributed by atoms with van der Waals surface area (Å²) in [5, 5.41) is 9.63. The molecule has 0 N–H and O–H groups in total. The molecule has 1 aromatic heterocycles. The Kier molecular flexibility index (Phi) is 6.53. The highest BCUT2D eigenvalue weighted by molar-refractivity contribution is 6.16. The summed E-state index contributed by atoms with van der Waals surface area (Å²) in [7, 11) is 0. The van der Waals surface area contributed by atoms with Crippen LogP contribution in [-0.2, 0) is 0 Å². The average molecular weight is 638 g/mol. The van der Waals surface area contributed by atoms with Crippen LogP contribution in [0.3, 0.4) is 0 Å². The largest absolute Gasteiger partial charge is 0.455 e. The molecule has 0 aliphatic rings. The minimum absolute atomic E-state index is 0.874. The Morgan fingerprint density at radius 3 is 1.64 bits per heavy atom. The second kappa shape index (κ2) is 11.5. The lowest BCUT2D eigenvalue weighted by Gasteiger charge is -2.26.